The number of aryl methyl sites for hydroxylation is 1. The molecule has 1 aromatic carbocycles. The fraction of sp³-hybridized carbons (Fsp3) is 0.214. The van der Waals surface area contributed by atoms with Crippen molar-refractivity contribution in [1.82, 2.24) is 0 Å². The number of thioether (sulfide) groups is 1. The first kappa shape index (κ1) is 14.0. The molecule has 1 aromatic heterocycles. The Morgan fingerprint density at radius 1 is 1.37 bits per heavy atom. The Hall–Kier alpha value is -1.46. The molecule has 0 bridgehead atoms. The van der Waals surface area contributed by atoms with Crippen LogP contribution < -0.4 is 11.1 Å². The maximum Gasteiger partial charge on any atom is 0.227 e. The zero-order valence-electron chi connectivity index (χ0n) is 10.7. The summed E-state index contributed by atoms with van der Waals surface area (Å²) in [4.78, 5) is 13.2. The largest absolute Gasteiger partial charge is 0.379 e. The number of rotatable bonds is 6. The van der Waals surface area contributed by atoms with Gasteiger partial charge in [0.25, 0.3) is 0 Å². The third-order valence-electron chi connectivity index (χ3n) is 2.66. The lowest BCUT2D eigenvalue weighted by molar-refractivity contribution is -0.115. The molecular weight excluding hydrogens is 276 g/mol. The van der Waals surface area contributed by atoms with Crippen LogP contribution in [0.25, 0.3) is 0 Å². The Kier molecular flexibility index (Phi) is 4.87. The van der Waals surface area contributed by atoms with Crippen LogP contribution in [0.2, 0.25) is 0 Å². The first-order valence-electron chi connectivity index (χ1n) is 5.94. The van der Waals surface area contributed by atoms with E-state index in [1.54, 1.807) is 11.3 Å². The van der Waals surface area contributed by atoms with E-state index >= 15 is 0 Å². The quantitative estimate of drug-likeness (QED) is 0.804. The van der Waals surface area contributed by atoms with Crippen LogP contribution in [0.1, 0.15) is 10.4 Å². The molecule has 0 fully saturated rings. The summed E-state index contributed by atoms with van der Waals surface area (Å²) in [5.74, 6) is 0.00499. The molecular formula is C14H16N2OS2. The third kappa shape index (κ3) is 4.01. The zero-order valence-corrected chi connectivity index (χ0v) is 12.3. The molecule has 3 N–H and O–H groups in total. The van der Waals surface area contributed by atoms with Crippen molar-refractivity contribution < 1.29 is 4.79 Å². The van der Waals surface area contributed by atoms with Gasteiger partial charge in [-0.3, -0.25) is 4.79 Å². The van der Waals surface area contributed by atoms with Gasteiger partial charge in [-0.1, -0.05) is 12.1 Å². The lowest BCUT2D eigenvalue weighted by atomic mass is 10.2. The first-order valence-corrected chi connectivity index (χ1v) is 7.80. The highest BCUT2D eigenvalue weighted by Crippen LogP contribution is 2.27. The number of hydrogen-bond acceptors (Lipinski definition) is 4. The number of carbonyl (C=O) groups excluding carboxylic acids is 1. The highest BCUT2D eigenvalue weighted by Gasteiger charge is 2.05. The van der Waals surface area contributed by atoms with Crippen LogP contribution in [-0.4, -0.2) is 11.7 Å². The molecule has 0 saturated heterocycles. The molecule has 5 heteroatoms. The maximum atomic E-state index is 10.9. The van der Waals surface area contributed by atoms with Gasteiger partial charge < -0.3 is 11.1 Å². The number of nitrogens with one attached hydrogen (secondary N) is 1. The number of primary amides is 1. The molecule has 1 heterocycles. The number of carbonyl (C=O) groups is 1. The van der Waals surface area contributed by atoms with Crippen molar-refractivity contribution >= 4 is 34.7 Å². The van der Waals surface area contributed by atoms with Gasteiger partial charge in [0.15, 0.2) is 0 Å². The number of nitrogens with two attached hydrogens (primary N) is 1. The Bertz CT molecular complexity index is 566. The predicted molar refractivity (Wildman–Crippen MR) is 82.7 cm³/mol. The summed E-state index contributed by atoms with van der Waals surface area (Å²) in [6.07, 6.45) is 0. The van der Waals surface area contributed by atoms with E-state index in [1.165, 1.54) is 22.2 Å². The van der Waals surface area contributed by atoms with Gasteiger partial charge in [0.05, 0.1) is 5.75 Å². The summed E-state index contributed by atoms with van der Waals surface area (Å²) in [7, 11) is 0. The summed E-state index contributed by atoms with van der Waals surface area (Å²) in [5, 5.41) is 5.52. The smallest absolute Gasteiger partial charge is 0.227 e. The van der Waals surface area contributed by atoms with Crippen molar-refractivity contribution in [2.75, 3.05) is 11.1 Å². The average molecular weight is 292 g/mol. The normalized spacial score (nSPS) is 10.4. The lowest BCUT2D eigenvalue weighted by Gasteiger charge is -2.10. The van der Waals surface area contributed by atoms with E-state index < -0.39 is 0 Å². The van der Waals surface area contributed by atoms with E-state index in [9.17, 15) is 4.79 Å². The van der Waals surface area contributed by atoms with E-state index in [4.69, 9.17) is 5.73 Å². The van der Waals surface area contributed by atoms with Crippen molar-refractivity contribution in [3.05, 3.63) is 46.2 Å². The van der Waals surface area contributed by atoms with Crippen molar-refractivity contribution in [3.8, 4) is 0 Å². The van der Waals surface area contributed by atoms with Crippen LogP contribution in [-0.2, 0) is 11.3 Å². The minimum atomic E-state index is -0.297. The van der Waals surface area contributed by atoms with Crippen LogP contribution in [0.5, 0.6) is 0 Å². The standard InChI is InChI=1S/C14H16N2OS2/c1-10-6-7-18-13(10)8-16-11-4-2-3-5-12(11)19-9-14(15)17/h2-7,16H,8-9H2,1H3,(H2,15,17). The fourth-order valence-corrected chi connectivity index (χ4v) is 3.26. The third-order valence-corrected chi connectivity index (χ3v) is 4.78. The fourth-order valence-electron chi connectivity index (χ4n) is 1.65. The van der Waals surface area contributed by atoms with E-state index in [1.807, 2.05) is 24.3 Å². The minimum absolute atomic E-state index is 0.297. The number of para-hydroxylation sites is 1. The van der Waals surface area contributed by atoms with Crippen molar-refractivity contribution in [2.24, 2.45) is 5.73 Å². The lowest BCUT2D eigenvalue weighted by Crippen LogP contribution is -2.13. The van der Waals surface area contributed by atoms with Gasteiger partial charge in [0.1, 0.15) is 0 Å². The van der Waals surface area contributed by atoms with E-state index in [-0.39, 0.29) is 5.91 Å². The van der Waals surface area contributed by atoms with Crippen molar-refractivity contribution in [2.45, 2.75) is 18.4 Å². The summed E-state index contributed by atoms with van der Waals surface area (Å²) >= 11 is 3.21. The molecule has 0 saturated carbocycles. The summed E-state index contributed by atoms with van der Waals surface area (Å²) in [6.45, 7) is 2.92. The zero-order chi connectivity index (χ0) is 13.7. The second-order valence-electron chi connectivity index (χ2n) is 4.13. The highest BCUT2D eigenvalue weighted by atomic mass is 32.2. The summed E-state index contributed by atoms with van der Waals surface area (Å²) in [5.41, 5.74) is 7.53. The average Bonchev–Trinajstić information content (AvgIpc) is 2.80. The number of anilines is 1. The van der Waals surface area contributed by atoms with Crippen molar-refractivity contribution in [1.29, 1.82) is 0 Å². The van der Waals surface area contributed by atoms with Gasteiger partial charge >= 0.3 is 0 Å². The Balaban J connectivity index is 2.03. The molecule has 0 aliphatic carbocycles. The molecule has 2 aromatic rings. The van der Waals surface area contributed by atoms with Crippen LogP contribution in [0.3, 0.4) is 0 Å². The molecule has 0 spiro atoms. The van der Waals surface area contributed by atoms with Crippen LogP contribution >= 0.6 is 23.1 Å². The Labute approximate surface area is 121 Å². The van der Waals surface area contributed by atoms with Gasteiger partial charge in [0, 0.05) is 22.0 Å². The second kappa shape index (κ2) is 6.63. The van der Waals surface area contributed by atoms with E-state index in [0.717, 1.165) is 17.1 Å². The maximum absolute atomic E-state index is 10.9. The topological polar surface area (TPSA) is 55.1 Å². The van der Waals surface area contributed by atoms with Crippen LogP contribution in [0, 0.1) is 6.92 Å². The molecule has 0 aliphatic rings. The highest BCUT2D eigenvalue weighted by molar-refractivity contribution is 8.00. The molecule has 0 aliphatic heterocycles. The summed E-state index contributed by atoms with van der Waals surface area (Å²) in [6, 6.07) is 10.1. The number of hydrogen-bond donors (Lipinski definition) is 2. The van der Waals surface area contributed by atoms with Gasteiger partial charge in [0.2, 0.25) is 5.91 Å². The Morgan fingerprint density at radius 2 is 2.16 bits per heavy atom. The first-order chi connectivity index (χ1) is 9.16. The SMILES string of the molecule is Cc1ccsc1CNc1ccccc1SCC(N)=O. The van der Waals surface area contributed by atoms with Gasteiger partial charge in [-0.05, 0) is 36.1 Å². The molecule has 3 nitrogen and oxygen atoms in total. The summed E-state index contributed by atoms with van der Waals surface area (Å²) < 4.78 is 0. The molecule has 2 rings (SSSR count). The van der Waals surface area contributed by atoms with Crippen LogP contribution in [0.15, 0.2) is 40.6 Å². The minimum Gasteiger partial charge on any atom is -0.379 e. The molecule has 100 valence electrons. The van der Waals surface area contributed by atoms with Crippen molar-refractivity contribution in [3.63, 3.8) is 0 Å². The monoisotopic (exact) mass is 292 g/mol. The molecule has 19 heavy (non-hydrogen) atoms. The van der Waals surface area contributed by atoms with Crippen LogP contribution in [0.4, 0.5) is 5.69 Å². The molecule has 0 unspecified atom stereocenters. The molecule has 0 radical (unpaired) electrons. The Morgan fingerprint density at radius 3 is 2.84 bits per heavy atom. The number of amides is 1. The van der Waals surface area contributed by atoms with E-state index in [0.29, 0.717) is 5.75 Å². The van der Waals surface area contributed by atoms with Gasteiger partial charge in [-0.25, -0.2) is 0 Å². The second-order valence-corrected chi connectivity index (χ2v) is 6.15. The molecule has 0 atom stereocenters. The number of benzene rings is 1. The van der Waals surface area contributed by atoms with E-state index in [2.05, 4.69) is 23.7 Å². The number of thiophene rings is 1. The van der Waals surface area contributed by atoms with Gasteiger partial charge in [-0.15, -0.1) is 23.1 Å². The molecule has 1 amide bonds. The predicted octanol–water partition coefficient (Wildman–Crippen LogP) is 3.25. The van der Waals surface area contributed by atoms with Gasteiger partial charge in [-0.2, -0.15) is 0 Å².